The number of aliphatic hydroxyl groups excluding tert-OH is 1. The van der Waals surface area contributed by atoms with E-state index < -0.39 is 0 Å². The van der Waals surface area contributed by atoms with Crippen molar-refractivity contribution in [3.8, 4) is 0 Å². The Hall–Kier alpha value is -0.840. The van der Waals surface area contributed by atoms with Crippen LogP contribution in [-0.2, 0) is 4.79 Å². The average molecular weight is 300 g/mol. The predicted molar refractivity (Wildman–Crippen MR) is 79.3 cm³/mol. The third-order valence-corrected chi connectivity index (χ3v) is 4.57. The minimum atomic E-state index is -0.143. The van der Waals surface area contributed by atoms with Gasteiger partial charge in [0.2, 0.25) is 5.91 Å². The Morgan fingerprint density at radius 1 is 1.42 bits per heavy atom. The van der Waals surface area contributed by atoms with Gasteiger partial charge in [-0.1, -0.05) is 11.6 Å². The Balaban J connectivity index is 1.71. The Morgan fingerprint density at radius 3 is 2.79 bits per heavy atom. The molecule has 1 aromatic rings. The molecular formula is C14H18ClNO2S. The van der Waals surface area contributed by atoms with Gasteiger partial charge in [0.1, 0.15) is 0 Å². The highest BCUT2D eigenvalue weighted by Gasteiger charge is 2.19. The van der Waals surface area contributed by atoms with Crippen molar-refractivity contribution in [3.05, 3.63) is 27.4 Å². The first-order valence-corrected chi connectivity index (χ1v) is 7.72. The normalized spacial score (nSPS) is 23.7. The van der Waals surface area contributed by atoms with Crippen LogP contribution in [0.15, 0.2) is 18.2 Å². The van der Waals surface area contributed by atoms with E-state index in [1.165, 1.54) is 11.3 Å². The Kier molecular flexibility index (Phi) is 5.43. The van der Waals surface area contributed by atoms with Crippen LogP contribution in [-0.4, -0.2) is 23.7 Å². The number of carbonyl (C=O) groups is 1. The van der Waals surface area contributed by atoms with E-state index in [4.69, 9.17) is 11.6 Å². The van der Waals surface area contributed by atoms with Crippen molar-refractivity contribution in [1.82, 2.24) is 5.32 Å². The second kappa shape index (κ2) is 7.08. The number of carbonyl (C=O) groups excluding carboxylic acids is 1. The van der Waals surface area contributed by atoms with E-state index in [0.717, 1.165) is 34.9 Å². The Labute approximate surface area is 122 Å². The lowest BCUT2D eigenvalue weighted by Gasteiger charge is -2.25. The number of amides is 1. The molecule has 2 N–H and O–H groups in total. The van der Waals surface area contributed by atoms with E-state index >= 15 is 0 Å². The first-order chi connectivity index (χ1) is 9.13. The SMILES string of the molecule is O=C(/C=C/c1ccc(Cl)s1)NCC1CCC(O)CC1. The lowest BCUT2D eigenvalue weighted by molar-refractivity contribution is -0.116. The van der Waals surface area contributed by atoms with Crippen molar-refractivity contribution in [3.63, 3.8) is 0 Å². The summed E-state index contributed by atoms with van der Waals surface area (Å²) in [6.45, 7) is 0.696. The van der Waals surface area contributed by atoms with Crippen molar-refractivity contribution < 1.29 is 9.90 Å². The summed E-state index contributed by atoms with van der Waals surface area (Å²) in [4.78, 5) is 12.6. The molecule has 0 aromatic carbocycles. The van der Waals surface area contributed by atoms with Gasteiger partial charge in [0, 0.05) is 17.5 Å². The summed E-state index contributed by atoms with van der Waals surface area (Å²) < 4.78 is 0.723. The first kappa shape index (κ1) is 14.6. The highest BCUT2D eigenvalue weighted by atomic mass is 35.5. The number of thiophene rings is 1. The third-order valence-electron chi connectivity index (χ3n) is 3.37. The molecule has 0 saturated heterocycles. The van der Waals surface area contributed by atoms with Crippen LogP contribution in [0.1, 0.15) is 30.6 Å². The Bertz CT molecular complexity index is 450. The predicted octanol–water partition coefficient (Wildman–Crippen LogP) is 3.08. The van der Waals surface area contributed by atoms with Gasteiger partial charge < -0.3 is 10.4 Å². The van der Waals surface area contributed by atoms with Crippen LogP contribution >= 0.6 is 22.9 Å². The number of nitrogens with one attached hydrogen (secondary N) is 1. The molecule has 0 unspecified atom stereocenters. The molecule has 19 heavy (non-hydrogen) atoms. The van der Waals surface area contributed by atoms with E-state index in [2.05, 4.69) is 5.32 Å². The maximum absolute atomic E-state index is 11.7. The van der Waals surface area contributed by atoms with Gasteiger partial charge in [-0.3, -0.25) is 4.79 Å². The Morgan fingerprint density at radius 2 is 2.16 bits per heavy atom. The molecule has 1 heterocycles. The smallest absolute Gasteiger partial charge is 0.244 e. The minimum absolute atomic E-state index is 0.0735. The van der Waals surface area contributed by atoms with Gasteiger partial charge in [-0.2, -0.15) is 0 Å². The molecule has 2 rings (SSSR count). The monoisotopic (exact) mass is 299 g/mol. The van der Waals surface area contributed by atoms with Crippen LogP contribution in [0.4, 0.5) is 0 Å². The summed E-state index contributed by atoms with van der Waals surface area (Å²) in [6, 6.07) is 3.70. The van der Waals surface area contributed by atoms with Gasteiger partial charge >= 0.3 is 0 Å². The van der Waals surface area contributed by atoms with Gasteiger partial charge in [-0.05, 0) is 49.8 Å². The number of rotatable bonds is 4. The number of aliphatic hydroxyl groups is 1. The summed E-state index contributed by atoms with van der Waals surface area (Å²) in [5.41, 5.74) is 0. The maximum atomic E-state index is 11.7. The van der Waals surface area contributed by atoms with E-state index in [-0.39, 0.29) is 12.0 Å². The van der Waals surface area contributed by atoms with Gasteiger partial charge in [-0.15, -0.1) is 11.3 Å². The largest absolute Gasteiger partial charge is 0.393 e. The summed E-state index contributed by atoms with van der Waals surface area (Å²) in [6.07, 6.45) is 6.86. The average Bonchev–Trinajstić information content (AvgIpc) is 2.81. The van der Waals surface area contributed by atoms with Crippen LogP contribution in [0.25, 0.3) is 6.08 Å². The van der Waals surface area contributed by atoms with Gasteiger partial charge in [-0.25, -0.2) is 0 Å². The summed E-state index contributed by atoms with van der Waals surface area (Å²) in [7, 11) is 0. The van der Waals surface area contributed by atoms with Gasteiger partial charge in [0.25, 0.3) is 0 Å². The third kappa shape index (κ3) is 4.97. The topological polar surface area (TPSA) is 49.3 Å². The summed E-state index contributed by atoms with van der Waals surface area (Å²) in [5, 5.41) is 12.3. The van der Waals surface area contributed by atoms with Crippen molar-refractivity contribution in [2.24, 2.45) is 5.92 Å². The molecule has 1 aliphatic carbocycles. The molecule has 0 bridgehead atoms. The zero-order valence-electron chi connectivity index (χ0n) is 10.6. The van der Waals surface area contributed by atoms with E-state index in [9.17, 15) is 9.90 Å². The lowest BCUT2D eigenvalue weighted by atomic mass is 9.87. The highest BCUT2D eigenvalue weighted by Crippen LogP contribution is 2.24. The van der Waals surface area contributed by atoms with Crippen molar-refractivity contribution in [1.29, 1.82) is 0 Å². The lowest BCUT2D eigenvalue weighted by Crippen LogP contribution is -2.31. The second-order valence-electron chi connectivity index (χ2n) is 4.89. The van der Waals surface area contributed by atoms with Crippen molar-refractivity contribution in [2.75, 3.05) is 6.54 Å². The molecule has 1 saturated carbocycles. The van der Waals surface area contributed by atoms with Crippen molar-refractivity contribution >= 4 is 34.9 Å². The van der Waals surface area contributed by atoms with E-state index in [1.54, 1.807) is 12.2 Å². The fourth-order valence-corrected chi connectivity index (χ4v) is 3.19. The first-order valence-electron chi connectivity index (χ1n) is 6.53. The fourth-order valence-electron chi connectivity index (χ4n) is 2.23. The molecule has 0 aliphatic heterocycles. The van der Waals surface area contributed by atoms with Gasteiger partial charge in [0.05, 0.1) is 10.4 Å². The van der Waals surface area contributed by atoms with Crippen LogP contribution in [0, 0.1) is 5.92 Å². The molecule has 0 spiro atoms. The molecule has 1 fully saturated rings. The summed E-state index contributed by atoms with van der Waals surface area (Å²) >= 11 is 7.26. The number of hydrogen-bond acceptors (Lipinski definition) is 3. The molecule has 1 amide bonds. The molecular weight excluding hydrogens is 282 g/mol. The van der Waals surface area contributed by atoms with Crippen LogP contribution in [0.2, 0.25) is 4.34 Å². The maximum Gasteiger partial charge on any atom is 0.244 e. The number of hydrogen-bond donors (Lipinski definition) is 2. The molecule has 1 aromatic heterocycles. The van der Waals surface area contributed by atoms with Crippen LogP contribution < -0.4 is 5.32 Å². The molecule has 104 valence electrons. The molecule has 0 radical (unpaired) electrons. The van der Waals surface area contributed by atoms with Crippen molar-refractivity contribution in [2.45, 2.75) is 31.8 Å². The molecule has 5 heteroatoms. The number of halogens is 1. The van der Waals surface area contributed by atoms with E-state index in [0.29, 0.717) is 12.5 Å². The zero-order chi connectivity index (χ0) is 13.7. The molecule has 1 aliphatic rings. The molecule has 3 nitrogen and oxygen atoms in total. The standard InChI is InChI=1S/C14H18ClNO2S/c15-13-7-5-12(19-13)6-8-14(18)16-9-10-1-3-11(17)4-2-10/h5-8,10-11,17H,1-4,9H2,(H,16,18)/b8-6+. The quantitative estimate of drug-likeness (QED) is 0.840. The highest BCUT2D eigenvalue weighted by molar-refractivity contribution is 7.17. The second-order valence-corrected chi connectivity index (χ2v) is 6.64. The van der Waals surface area contributed by atoms with Crippen LogP contribution in [0.5, 0.6) is 0 Å². The van der Waals surface area contributed by atoms with Gasteiger partial charge in [0.15, 0.2) is 0 Å². The minimum Gasteiger partial charge on any atom is -0.393 e. The molecule has 0 atom stereocenters. The summed E-state index contributed by atoms with van der Waals surface area (Å²) in [5.74, 6) is 0.424. The fraction of sp³-hybridized carbons (Fsp3) is 0.500. The van der Waals surface area contributed by atoms with Crippen LogP contribution in [0.3, 0.4) is 0 Å². The van der Waals surface area contributed by atoms with E-state index in [1.807, 2.05) is 12.1 Å². The zero-order valence-corrected chi connectivity index (χ0v) is 12.2.